The van der Waals surface area contributed by atoms with E-state index in [-0.39, 0.29) is 0 Å². The van der Waals surface area contributed by atoms with Crippen LogP contribution < -0.4 is 5.32 Å². The van der Waals surface area contributed by atoms with Gasteiger partial charge in [0.05, 0.1) is 6.61 Å². The van der Waals surface area contributed by atoms with E-state index in [1.807, 2.05) is 0 Å². The predicted octanol–water partition coefficient (Wildman–Crippen LogP) is 1.98. The number of nitrogens with one attached hydrogen (secondary N) is 1. The van der Waals surface area contributed by atoms with Gasteiger partial charge in [-0.05, 0) is 32.1 Å². The van der Waals surface area contributed by atoms with Crippen molar-refractivity contribution in [1.29, 1.82) is 0 Å². The van der Waals surface area contributed by atoms with Gasteiger partial charge in [-0.3, -0.25) is 4.90 Å². The van der Waals surface area contributed by atoms with Crippen LogP contribution in [0.5, 0.6) is 0 Å². The van der Waals surface area contributed by atoms with Crippen LogP contribution in [0.2, 0.25) is 0 Å². The van der Waals surface area contributed by atoms with Gasteiger partial charge in [0.25, 0.3) is 0 Å². The standard InChI is InChI=1S/C14H30N2O/c1-11-8-12(2)14(4)16(10-11)13(3)9-15-6-7-17-5/h11-15H,6-10H2,1-5H3. The van der Waals surface area contributed by atoms with Crippen molar-refractivity contribution >= 4 is 0 Å². The molecule has 0 spiro atoms. The van der Waals surface area contributed by atoms with Crippen molar-refractivity contribution in [1.82, 2.24) is 10.2 Å². The highest BCUT2D eigenvalue weighted by atomic mass is 16.5. The first-order chi connectivity index (χ1) is 8.06. The van der Waals surface area contributed by atoms with Crippen LogP contribution in [0, 0.1) is 11.8 Å². The summed E-state index contributed by atoms with van der Waals surface area (Å²) in [5.74, 6) is 1.66. The van der Waals surface area contributed by atoms with Gasteiger partial charge in [-0.15, -0.1) is 0 Å². The Hall–Kier alpha value is -0.120. The molecular weight excluding hydrogens is 212 g/mol. The first-order valence-corrected chi connectivity index (χ1v) is 7.01. The van der Waals surface area contributed by atoms with Gasteiger partial charge in [-0.1, -0.05) is 13.8 Å². The number of methoxy groups -OCH3 is 1. The number of hydrogen-bond acceptors (Lipinski definition) is 3. The zero-order valence-corrected chi connectivity index (χ0v) is 12.2. The van der Waals surface area contributed by atoms with E-state index in [2.05, 4.69) is 37.9 Å². The van der Waals surface area contributed by atoms with Crippen LogP contribution in [0.4, 0.5) is 0 Å². The topological polar surface area (TPSA) is 24.5 Å². The lowest BCUT2D eigenvalue weighted by Gasteiger charge is -2.44. The second kappa shape index (κ2) is 7.34. The monoisotopic (exact) mass is 242 g/mol. The molecule has 0 aliphatic carbocycles. The molecule has 0 saturated carbocycles. The zero-order chi connectivity index (χ0) is 12.8. The predicted molar refractivity (Wildman–Crippen MR) is 73.3 cm³/mol. The Morgan fingerprint density at radius 1 is 1.35 bits per heavy atom. The fourth-order valence-electron chi connectivity index (χ4n) is 2.94. The van der Waals surface area contributed by atoms with Crippen molar-refractivity contribution in [3.8, 4) is 0 Å². The summed E-state index contributed by atoms with van der Waals surface area (Å²) in [5.41, 5.74) is 0. The summed E-state index contributed by atoms with van der Waals surface area (Å²) >= 11 is 0. The number of nitrogens with zero attached hydrogens (tertiary/aromatic N) is 1. The lowest BCUT2D eigenvalue weighted by molar-refractivity contribution is 0.0460. The van der Waals surface area contributed by atoms with Crippen molar-refractivity contribution < 1.29 is 4.74 Å². The number of rotatable bonds is 6. The van der Waals surface area contributed by atoms with Gasteiger partial charge in [0.1, 0.15) is 0 Å². The number of likely N-dealkylation sites (tertiary alicyclic amines) is 1. The molecule has 0 bridgehead atoms. The summed E-state index contributed by atoms with van der Waals surface area (Å²) in [5, 5.41) is 3.47. The van der Waals surface area contributed by atoms with E-state index in [1.54, 1.807) is 7.11 Å². The third-order valence-corrected chi connectivity index (χ3v) is 4.13. The average molecular weight is 242 g/mol. The molecule has 17 heavy (non-hydrogen) atoms. The number of ether oxygens (including phenoxy) is 1. The Balaban J connectivity index is 2.35. The second-order valence-corrected chi connectivity index (χ2v) is 5.80. The highest BCUT2D eigenvalue weighted by Crippen LogP contribution is 2.28. The van der Waals surface area contributed by atoms with E-state index in [4.69, 9.17) is 4.74 Å². The van der Waals surface area contributed by atoms with Crippen LogP contribution in [0.1, 0.15) is 34.1 Å². The smallest absolute Gasteiger partial charge is 0.0587 e. The molecule has 3 heteroatoms. The van der Waals surface area contributed by atoms with Gasteiger partial charge >= 0.3 is 0 Å². The molecule has 3 nitrogen and oxygen atoms in total. The largest absolute Gasteiger partial charge is 0.383 e. The minimum atomic E-state index is 0.618. The van der Waals surface area contributed by atoms with Crippen molar-refractivity contribution in [3.05, 3.63) is 0 Å². The molecule has 1 N–H and O–H groups in total. The second-order valence-electron chi connectivity index (χ2n) is 5.80. The fourth-order valence-corrected chi connectivity index (χ4v) is 2.94. The summed E-state index contributed by atoms with van der Waals surface area (Å²) in [6.07, 6.45) is 1.38. The Bertz CT molecular complexity index is 210. The van der Waals surface area contributed by atoms with Crippen LogP contribution in [-0.4, -0.2) is 50.3 Å². The Morgan fingerprint density at radius 2 is 2.06 bits per heavy atom. The van der Waals surface area contributed by atoms with E-state index < -0.39 is 0 Å². The Kier molecular flexibility index (Phi) is 6.45. The van der Waals surface area contributed by atoms with Gasteiger partial charge < -0.3 is 10.1 Å². The third-order valence-electron chi connectivity index (χ3n) is 4.13. The Labute approximate surface area is 107 Å². The normalized spacial score (nSPS) is 32.6. The van der Waals surface area contributed by atoms with E-state index in [0.717, 1.165) is 31.5 Å². The molecule has 0 radical (unpaired) electrons. The molecule has 1 heterocycles. The average Bonchev–Trinajstić information content (AvgIpc) is 2.29. The highest BCUT2D eigenvalue weighted by molar-refractivity contribution is 4.85. The molecule has 4 unspecified atom stereocenters. The van der Waals surface area contributed by atoms with Gasteiger partial charge in [-0.2, -0.15) is 0 Å². The fraction of sp³-hybridized carbons (Fsp3) is 1.00. The van der Waals surface area contributed by atoms with Gasteiger partial charge in [0, 0.05) is 38.8 Å². The van der Waals surface area contributed by atoms with Crippen molar-refractivity contribution in [2.24, 2.45) is 11.8 Å². The molecule has 0 aromatic carbocycles. The quantitative estimate of drug-likeness (QED) is 0.721. The number of piperidine rings is 1. The van der Waals surface area contributed by atoms with Crippen LogP contribution in [0.15, 0.2) is 0 Å². The van der Waals surface area contributed by atoms with E-state index in [1.165, 1.54) is 13.0 Å². The molecule has 1 rings (SSSR count). The molecule has 1 saturated heterocycles. The minimum absolute atomic E-state index is 0.618. The first-order valence-electron chi connectivity index (χ1n) is 7.01. The first kappa shape index (κ1) is 14.9. The molecule has 102 valence electrons. The van der Waals surface area contributed by atoms with Gasteiger partial charge in [0.2, 0.25) is 0 Å². The van der Waals surface area contributed by atoms with Crippen molar-refractivity contribution in [2.75, 3.05) is 33.4 Å². The molecular formula is C14H30N2O. The lowest BCUT2D eigenvalue weighted by atomic mass is 9.85. The maximum atomic E-state index is 5.05. The lowest BCUT2D eigenvalue weighted by Crippen LogP contribution is -2.52. The molecule has 4 atom stereocenters. The molecule has 0 aromatic heterocycles. The molecule has 1 fully saturated rings. The minimum Gasteiger partial charge on any atom is -0.383 e. The SMILES string of the molecule is COCCNCC(C)N1CC(C)CC(C)C1C. The molecule has 0 amide bonds. The van der Waals surface area contributed by atoms with E-state index >= 15 is 0 Å². The van der Waals surface area contributed by atoms with Crippen LogP contribution in [0.3, 0.4) is 0 Å². The van der Waals surface area contributed by atoms with Crippen molar-refractivity contribution in [3.63, 3.8) is 0 Å². The highest BCUT2D eigenvalue weighted by Gasteiger charge is 2.31. The van der Waals surface area contributed by atoms with E-state index in [9.17, 15) is 0 Å². The summed E-state index contributed by atoms with van der Waals surface area (Å²) in [7, 11) is 1.75. The van der Waals surface area contributed by atoms with E-state index in [0.29, 0.717) is 12.1 Å². The summed E-state index contributed by atoms with van der Waals surface area (Å²) in [6, 6.07) is 1.33. The zero-order valence-electron chi connectivity index (χ0n) is 12.2. The van der Waals surface area contributed by atoms with Crippen LogP contribution in [-0.2, 0) is 4.74 Å². The van der Waals surface area contributed by atoms with Crippen molar-refractivity contribution in [2.45, 2.75) is 46.2 Å². The van der Waals surface area contributed by atoms with Gasteiger partial charge in [0.15, 0.2) is 0 Å². The Morgan fingerprint density at radius 3 is 2.71 bits per heavy atom. The molecule has 1 aliphatic rings. The third kappa shape index (κ3) is 4.57. The molecule has 1 aliphatic heterocycles. The number of hydrogen-bond donors (Lipinski definition) is 1. The summed E-state index contributed by atoms with van der Waals surface area (Å²) < 4.78 is 5.05. The summed E-state index contributed by atoms with van der Waals surface area (Å²) in [4.78, 5) is 2.67. The van der Waals surface area contributed by atoms with Gasteiger partial charge in [-0.25, -0.2) is 0 Å². The molecule has 0 aromatic rings. The maximum Gasteiger partial charge on any atom is 0.0587 e. The van der Waals surface area contributed by atoms with Crippen LogP contribution >= 0.6 is 0 Å². The van der Waals surface area contributed by atoms with Crippen LogP contribution in [0.25, 0.3) is 0 Å². The summed E-state index contributed by atoms with van der Waals surface area (Å²) in [6.45, 7) is 13.5. The maximum absolute atomic E-state index is 5.05.